The molecule has 1 aromatic carbocycles. The Kier molecular flexibility index (Phi) is 2.71. The van der Waals surface area contributed by atoms with E-state index in [0.717, 1.165) is 6.07 Å². The van der Waals surface area contributed by atoms with Crippen LogP contribution in [0.1, 0.15) is 16.1 Å². The zero-order chi connectivity index (χ0) is 12.7. The summed E-state index contributed by atoms with van der Waals surface area (Å²) in [4.78, 5) is 14.4. The molecule has 0 aliphatic rings. The van der Waals surface area contributed by atoms with Gasteiger partial charge in [0.05, 0.1) is 16.7 Å². The van der Waals surface area contributed by atoms with Crippen LogP contribution in [0, 0.1) is 18.6 Å². The number of rotatable bonds is 1. The SMILES string of the molecule is Cc1c(C(=O)[O-])nc2c(F)cc(F)cc2c1Cl. The van der Waals surface area contributed by atoms with E-state index in [0.29, 0.717) is 6.07 Å². The third-order valence-electron chi connectivity index (χ3n) is 2.37. The molecular formula is C11H5ClF2NO2-. The number of fused-ring (bicyclic) bond motifs is 1. The summed E-state index contributed by atoms with van der Waals surface area (Å²) in [7, 11) is 0. The lowest BCUT2D eigenvalue weighted by Gasteiger charge is -2.11. The van der Waals surface area contributed by atoms with E-state index in [1.165, 1.54) is 6.92 Å². The Bertz CT molecular complexity index is 643. The molecule has 0 radical (unpaired) electrons. The highest BCUT2D eigenvalue weighted by atomic mass is 35.5. The highest BCUT2D eigenvalue weighted by Crippen LogP contribution is 2.29. The van der Waals surface area contributed by atoms with Crippen molar-refractivity contribution >= 4 is 28.5 Å². The predicted octanol–water partition coefficient (Wildman–Crippen LogP) is 1.84. The van der Waals surface area contributed by atoms with Crippen LogP contribution >= 0.6 is 11.6 Å². The van der Waals surface area contributed by atoms with Crippen molar-refractivity contribution in [3.05, 3.63) is 40.0 Å². The molecule has 0 bridgehead atoms. The third-order valence-corrected chi connectivity index (χ3v) is 2.85. The average Bonchev–Trinajstić information content (AvgIpc) is 2.23. The van der Waals surface area contributed by atoms with Crippen LogP contribution < -0.4 is 5.11 Å². The minimum Gasteiger partial charge on any atom is -0.543 e. The third kappa shape index (κ3) is 1.82. The van der Waals surface area contributed by atoms with E-state index in [-0.39, 0.29) is 21.5 Å². The molecule has 0 atom stereocenters. The van der Waals surface area contributed by atoms with Gasteiger partial charge in [0.15, 0.2) is 5.82 Å². The lowest BCUT2D eigenvalue weighted by Crippen LogP contribution is -2.25. The van der Waals surface area contributed by atoms with E-state index in [1.807, 2.05) is 0 Å². The van der Waals surface area contributed by atoms with Gasteiger partial charge in [-0.1, -0.05) is 11.6 Å². The van der Waals surface area contributed by atoms with Gasteiger partial charge < -0.3 is 9.90 Å². The van der Waals surface area contributed by atoms with E-state index < -0.39 is 23.3 Å². The van der Waals surface area contributed by atoms with Crippen LogP contribution in [0.25, 0.3) is 10.9 Å². The van der Waals surface area contributed by atoms with E-state index in [4.69, 9.17) is 11.6 Å². The van der Waals surface area contributed by atoms with Gasteiger partial charge in [0, 0.05) is 11.5 Å². The minimum absolute atomic E-state index is 0.0340. The van der Waals surface area contributed by atoms with Crippen LogP contribution in [0.5, 0.6) is 0 Å². The van der Waals surface area contributed by atoms with Crippen molar-refractivity contribution in [3.8, 4) is 0 Å². The van der Waals surface area contributed by atoms with Gasteiger partial charge in [-0.25, -0.2) is 13.8 Å². The summed E-state index contributed by atoms with van der Waals surface area (Å²) in [5.74, 6) is -3.33. The molecule has 17 heavy (non-hydrogen) atoms. The predicted molar refractivity (Wildman–Crippen MR) is 55.7 cm³/mol. The van der Waals surface area contributed by atoms with Crippen LogP contribution in [0.3, 0.4) is 0 Å². The van der Waals surface area contributed by atoms with Gasteiger partial charge in [-0.15, -0.1) is 0 Å². The van der Waals surface area contributed by atoms with Crippen molar-refractivity contribution in [2.45, 2.75) is 6.92 Å². The van der Waals surface area contributed by atoms with Gasteiger partial charge in [0.1, 0.15) is 11.3 Å². The molecule has 0 fully saturated rings. The molecule has 0 aliphatic carbocycles. The van der Waals surface area contributed by atoms with Gasteiger partial charge in [0.25, 0.3) is 0 Å². The molecule has 0 saturated carbocycles. The number of halogens is 3. The Hall–Kier alpha value is -1.75. The molecule has 1 heterocycles. The fourth-order valence-corrected chi connectivity index (χ4v) is 1.78. The Labute approximate surface area is 99.7 Å². The second-order valence-electron chi connectivity index (χ2n) is 3.47. The van der Waals surface area contributed by atoms with Gasteiger partial charge >= 0.3 is 0 Å². The van der Waals surface area contributed by atoms with Gasteiger partial charge in [-0.3, -0.25) is 0 Å². The summed E-state index contributed by atoms with van der Waals surface area (Å²) in [6.45, 7) is 1.39. The zero-order valence-corrected chi connectivity index (χ0v) is 9.31. The van der Waals surface area contributed by atoms with Crippen LogP contribution in [0.2, 0.25) is 5.02 Å². The van der Waals surface area contributed by atoms with Crippen molar-refractivity contribution < 1.29 is 18.7 Å². The Morgan fingerprint density at radius 2 is 2.06 bits per heavy atom. The molecule has 0 saturated heterocycles. The molecule has 88 valence electrons. The topological polar surface area (TPSA) is 53.0 Å². The fraction of sp³-hybridized carbons (Fsp3) is 0.0909. The molecule has 1 aromatic heterocycles. The normalized spacial score (nSPS) is 10.8. The molecule has 0 amide bonds. The van der Waals surface area contributed by atoms with Crippen molar-refractivity contribution in [3.63, 3.8) is 0 Å². The smallest absolute Gasteiger partial charge is 0.152 e. The van der Waals surface area contributed by atoms with Crippen LogP contribution in [0.15, 0.2) is 12.1 Å². The maximum Gasteiger partial charge on any atom is 0.152 e. The molecular weight excluding hydrogens is 252 g/mol. The molecule has 6 heteroatoms. The van der Waals surface area contributed by atoms with Crippen molar-refractivity contribution in [2.75, 3.05) is 0 Å². The van der Waals surface area contributed by atoms with Crippen molar-refractivity contribution in [1.82, 2.24) is 4.98 Å². The van der Waals surface area contributed by atoms with Crippen LogP contribution in [-0.4, -0.2) is 11.0 Å². The van der Waals surface area contributed by atoms with E-state index >= 15 is 0 Å². The number of hydrogen-bond acceptors (Lipinski definition) is 3. The molecule has 0 aliphatic heterocycles. The lowest BCUT2D eigenvalue weighted by molar-refractivity contribution is -0.255. The number of carbonyl (C=O) groups excluding carboxylic acids is 1. The summed E-state index contributed by atoms with van der Waals surface area (Å²) in [5.41, 5.74) is -0.627. The summed E-state index contributed by atoms with van der Waals surface area (Å²) in [6.07, 6.45) is 0. The summed E-state index contributed by atoms with van der Waals surface area (Å²) in [6, 6.07) is 1.61. The minimum atomic E-state index is -1.56. The van der Waals surface area contributed by atoms with Crippen LogP contribution in [0.4, 0.5) is 8.78 Å². The highest BCUT2D eigenvalue weighted by molar-refractivity contribution is 6.36. The monoisotopic (exact) mass is 256 g/mol. The average molecular weight is 257 g/mol. The zero-order valence-electron chi connectivity index (χ0n) is 8.55. The summed E-state index contributed by atoms with van der Waals surface area (Å²) >= 11 is 5.85. The van der Waals surface area contributed by atoms with Crippen molar-refractivity contribution in [2.24, 2.45) is 0 Å². The number of aromatic nitrogens is 1. The first-order chi connectivity index (χ1) is 7.91. The number of pyridine rings is 1. The molecule has 3 nitrogen and oxygen atoms in total. The van der Waals surface area contributed by atoms with Gasteiger partial charge in [-0.05, 0) is 18.6 Å². The number of aromatic carboxylic acids is 1. The number of carbonyl (C=O) groups is 1. The second kappa shape index (κ2) is 3.92. The van der Waals surface area contributed by atoms with Gasteiger partial charge in [0.2, 0.25) is 0 Å². The summed E-state index contributed by atoms with van der Waals surface area (Å²) < 4.78 is 26.4. The van der Waals surface area contributed by atoms with Crippen LogP contribution in [-0.2, 0) is 0 Å². The maximum absolute atomic E-state index is 13.4. The largest absolute Gasteiger partial charge is 0.543 e. The number of carboxylic acids is 1. The Morgan fingerprint density at radius 1 is 1.41 bits per heavy atom. The van der Waals surface area contributed by atoms with Gasteiger partial charge in [-0.2, -0.15) is 0 Å². The maximum atomic E-state index is 13.4. The first kappa shape index (κ1) is 11.7. The van der Waals surface area contributed by atoms with E-state index in [2.05, 4.69) is 4.98 Å². The Balaban J connectivity index is 2.96. The quantitative estimate of drug-likeness (QED) is 0.782. The summed E-state index contributed by atoms with van der Waals surface area (Å²) in [5, 5.41) is 10.8. The fourth-order valence-electron chi connectivity index (χ4n) is 1.55. The number of hydrogen-bond donors (Lipinski definition) is 0. The first-order valence-corrected chi connectivity index (χ1v) is 4.96. The second-order valence-corrected chi connectivity index (χ2v) is 3.85. The number of benzene rings is 1. The van der Waals surface area contributed by atoms with E-state index in [1.54, 1.807) is 0 Å². The molecule has 0 unspecified atom stereocenters. The molecule has 0 spiro atoms. The Morgan fingerprint density at radius 3 is 2.65 bits per heavy atom. The first-order valence-electron chi connectivity index (χ1n) is 4.58. The molecule has 2 aromatic rings. The highest BCUT2D eigenvalue weighted by Gasteiger charge is 2.14. The lowest BCUT2D eigenvalue weighted by atomic mass is 10.1. The number of nitrogens with zero attached hydrogens (tertiary/aromatic N) is 1. The van der Waals surface area contributed by atoms with E-state index in [9.17, 15) is 18.7 Å². The number of carboxylic acid groups (broad SMARTS) is 1. The standard InChI is InChI=1S/C11H6ClF2NO2/c1-4-8(12)6-2-5(13)3-7(14)10(6)15-9(4)11(16)17/h2-3H,1H3,(H,16,17)/p-1. The van der Waals surface area contributed by atoms with Crippen molar-refractivity contribution in [1.29, 1.82) is 0 Å². The molecule has 0 N–H and O–H groups in total. The molecule has 2 rings (SSSR count).